The summed E-state index contributed by atoms with van der Waals surface area (Å²) in [5.41, 5.74) is 1.36. The van der Waals surface area contributed by atoms with Crippen molar-refractivity contribution in [1.29, 1.82) is 0 Å². The Morgan fingerprint density at radius 2 is 1.72 bits per heavy atom. The van der Waals surface area contributed by atoms with Crippen molar-refractivity contribution in [3.63, 3.8) is 0 Å². The van der Waals surface area contributed by atoms with Gasteiger partial charge in [0.1, 0.15) is 23.0 Å². The quantitative estimate of drug-likeness (QED) is 0.312. The molecule has 7 heteroatoms. The van der Waals surface area contributed by atoms with Gasteiger partial charge in [0.05, 0.1) is 25.4 Å². The van der Waals surface area contributed by atoms with E-state index in [4.69, 9.17) is 18.9 Å². The van der Waals surface area contributed by atoms with Crippen LogP contribution in [0.4, 0.5) is 0 Å². The number of benzene rings is 2. The van der Waals surface area contributed by atoms with Crippen LogP contribution >= 0.6 is 0 Å². The maximum absolute atomic E-state index is 11.9. The van der Waals surface area contributed by atoms with Gasteiger partial charge in [0.15, 0.2) is 11.9 Å². The highest BCUT2D eigenvalue weighted by Crippen LogP contribution is 2.32. The Balaban J connectivity index is 1.36. The van der Waals surface area contributed by atoms with E-state index in [2.05, 4.69) is 0 Å². The van der Waals surface area contributed by atoms with Gasteiger partial charge in [0, 0.05) is 12.1 Å². The summed E-state index contributed by atoms with van der Waals surface area (Å²) in [4.78, 5) is 23.3. The van der Waals surface area contributed by atoms with Gasteiger partial charge in [-0.05, 0) is 69.7 Å². The zero-order chi connectivity index (χ0) is 22.9. The molecule has 1 unspecified atom stereocenters. The fourth-order valence-corrected chi connectivity index (χ4v) is 3.50. The molecular weight excluding hydrogens is 412 g/mol. The molecule has 0 aromatic heterocycles. The van der Waals surface area contributed by atoms with Crippen molar-refractivity contribution in [2.24, 2.45) is 0 Å². The standard InChI is InChI=1S/C25H30O7/c1-3-29-25(28)23-12-8-18-7-9-20(16-24(18)32-23)31-14-6-4-5-13-30-19-10-11-21(17(2)26)22(27)15-19/h7,9-11,15-16,23,27H,3-6,8,12-14H2,1-2H3. The second kappa shape index (κ2) is 11.4. The molecule has 32 heavy (non-hydrogen) atoms. The van der Waals surface area contributed by atoms with Crippen LogP contribution < -0.4 is 14.2 Å². The number of hydrogen-bond acceptors (Lipinski definition) is 7. The minimum atomic E-state index is -0.557. The molecule has 7 nitrogen and oxygen atoms in total. The van der Waals surface area contributed by atoms with Crippen LogP contribution in [0.5, 0.6) is 23.0 Å². The van der Waals surface area contributed by atoms with E-state index < -0.39 is 6.10 Å². The molecule has 1 heterocycles. The van der Waals surface area contributed by atoms with Crippen molar-refractivity contribution < 1.29 is 33.6 Å². The number of esters is 1. The summed E-state index contributed by atoms with van der Waals surface area (Å²) in [5.74, 6) is 1.37. The number of aryl methyl sites for hydroxylation is 1. The van der Waals surface area contributed by atoms with Gasteiger partial charge in [-0.1, -0.05) is 6.07 Å². The lowest BCUT2D eigenvalue weighted by Crippen LogP contribution is -2.32. The smallest absolute Gasteiger partial charge is 0.347 e. The van der Waals surface area contributed by atoms with Crippen molar-refractivity contribution >= 4 is 11.8 Å². The highest BCUT2D eigenvalue weighted by Gasteiger charge is 2.27. The number of Topliss-reactive ketones (excluding diaryl/α,β-unsaturated/α-hetero) is 1. The highest BCUT2D eigenvalue weighted by molar-refractivity contribution is 5.96. The molecule has 0 bridgehead atoms. The van der Waals surface area contributed by atoms with Crippen LogP contribution in [0.25, 0.3) is 0 Å². The molecule has 0 fully saturated rings. The third-order valence-corrected chi connectivity index (χ3v) is 5.21. The topological polar surface area (TPSA) is 91.3 Å². The van der Waals surface area contributed by atoms with Crippen LogP contribution in [0.1, 0.15) is 55.5 Å². The van der Waals surface area contributed by atoms with Crippen LogP contribution in [-0.4, -0.2) is 42.8 Å². The van der Waals surface area contributed by atoms with Gasteiger partial charge in [-0.2, -0.15) is 0 Å². The van der Waals surface area contributed by atoms with E-state index in [1.54, 1.807) is 19.1 Å². The third kappa shape index (κ3) is 6.39. The van der Waals surface area contributed by atoms with Crippen LogP contribution in [0.2, 0.25) is 0 Å². The third-order valence-electron chi connectivity index (χ3n) is 5.21. The number of phenolic OH excluding ortho intramolecular Hbond substituents is 1. The molecular formula is C25H30O7. The minimum Gasteiger partial charge on any atom is -0.507 e. The predicted octanol–water partition coefficient (Wildman–Crippen LogP) is 4.48. The normalized spacial score (nSPS) is 14.8. The molecule has 1 N–H and O–H groups in total. The molecule has 0 aliphatic carbocycles. The molecule has 1 aliphatic heterocycles. The number of ether oxygens (including phenoxy) is 4. The zero-order valence-corrected chi connectivity index (χ0v) is 18.6. The summed E-state index contributed by atoms with van der Waals surface area (Å²) >= 11 is 0. The second-order valence-electron chi connectivity index (χ2n) is 7.66. The first-order valence-electron chi connectivity index (χ1n) is 11.0. The SMILES string of the molecule is CCOC(=O)C1CCc2ccc(OCCCCCOc3ccc(C(C)=O)c(O)c3)cc2O1. The van der Waals surface area contributed by atoms with Crippen molar-refractivity contribution in [2.75, 3.05) is 19.8 Å². The monoisotopic (exact) mass is 442 g/mol. The lowest BCUT2D eigenvalue weighted by molar-refractivity contribution is -0.152. The van der Waals surface area contributed by atoms with E-state index in [-0.39, 0.29) is 17.5 Å². The summed E-state index contributed by atoms with van der Waals surface area (Å²) in [6, 6.07) is 10.5. The molecule has 1 atom stereocenters. The van der Waals surface area contributed by atoms with E-state index in [9.17, 15) is 14.7 Å². The zero-order valence-electron chi connectivity index (χ0n) is 18.6. The summed E-state index contributed by atoms with van der Waals surface area (Å²) in [7, 11) is 0. The molecule has 3 rings (SSSR count). The lowest BCUT2D eigenvalue weighted by atomic mass is 10.0. The number of fused-ring (bicyclic) bond motifs is 1. The van der Waals surface area contributed by atoms with Crippen LogP contribution in [0.3, 0.4) is 0 Å². The average Bonchev–Trinajstić information content (AvgIpc) is 2.78. The van der Waals surface area contributed by atoms with Gasteiger partial charge in [-0.15, -0.1) is 0 Å². The number of unbranched alkanes of at least 4 members (excludes halogenated alkanes) is 2. The molecule has 1 aliphatic rings. The Kier molecular flexibility index (Phi) is 8.36. The summed E-state index contributed by atoms with van der Waals surface area (Å²) in [6.07, 6.45) is 3.46. The number of hydrogen-bond donors (Lipinski definition) is 1. The summed E-state index contributed by atoms with van der Waals surface area (Å²) in [6.45, 7) is 4.61. The van der Waals surface area contributed by atoms with Gasteiger partial charge in [0.2, 0.25) is 0 Å². The first kappa shape index (κ1) is 23.4. The highest BCUT2D eigenvalue weighted by atomic mass is 16.6. The number of carbonyl (C=O) groups is 2. The average molecular weight is 443 g/mol. The molecule has 0 saturated heterocycles. The summed E-state index contributed by atoms with van der Waals surface area (Å²) in [5, 5.41) is 9.83. The minimum absolute atomic E-state index is 0.0639. The van der Waals surface area contributed by atoms with Crippen LogP contribution in [0, 0.1) is 0 Å². The van der Waals surface area contributed by atoms with Gasteiger partial charge in [-0.25, -0.2) is 4.79 Å². The van der Waals surface area contributed by atoms with E-state index in [0.29, 0.717) is 49.1 Å². The molecule has 0 saturated carbocycles. The molecule has 2 aromatic carbocycles. The fraction of sp³-hybridized carbons (Fsp3) is 0.440. The fourth-order valence-electron chi connectivity index (χ4n) is 3.50. The first-order valence-corrected chi connectivity index (χ1v) is 11.0. The molecule has 2 aromatic rings. The number of phenols is 1. The van der Waals surface area contributed by atoms with Crippen molar-refractivity contribution in [2.45, 2.75) is 52.1 Å². The predicted molar refractivity (Wildman–Crippen MR) is 119 cm³/mol. The summed E-state index contributed by atoms with van der Waals surface area (Å²) < 4.78 is 22.3. The van der Waals surface area contributed by atoms with Crippen molar-refractivity contribution in [1.82, 2.24) is 0 Å². The Morgan fingerprint density at radius 3 is 2.38 bits per heavy atom. The molecule has 172 valence electrons. The largest absolute Gasteiger partial charge is 0.507 e. The number of aromatic hydroxyl groups is 1. The molecule has 0 spiro atoms. The van der Waals surface area contributed by atoms with E-state index in [1.165, 1.54) is 13.0 Å². The first-order chi connectivity index (χ1) is 15.5. The van der Waals surface area contributed by atoms with Crippen molar-refractivity contribution in [3.8, 4) is 23.0 Å². The number of rotatable bonds is 11. The number of ketones is 1. The van der Waals surface area contributed by atoms with Gasteiger partial charge < -0.3 is 24.1 Å². The van der Waals surface area contributed by atoms with Crippen LogP contribution in [-0.2, 0) is 16.0 Å². The van der Waals surface area contributed by atoms with Gasteiger partial charge in [0.25, 0.3) is 0 Å². The second-order valence-corrected chi connectivity index (χ2v) is 7.66. The molecule has 0 radical (unpaired) electrons. The van der Waals surface area contributed by atoms with Gasteiger partial charge in [-0.3, -0.25) is 4.79 Å². The Bertz CT molecular complexity index is 938. The van der Waals surface area contributed by atoms with Gasteiger partial charge >= 0.3 is 5.97 Å². The number of carbonyl (C=O) groups excluding carboxylic acids is 2. The Hall–Kier alpha value is -3.22. The van der Waals surface area contributed by atoms with E-state index in [1.807, 2.05) is 18.2 Å². The molecule has 0 amide bonds. The Labute approximate surface area is 188 Å². The maximum atomic E-state index is 11.9. The van der Waals surface area contributed by atoms with Crippen LogP contribution in [0.15, 0.2) is 36.4 Å². The maximum Gasteiger partial charge on any atom is 0.347 e. The van der Waals surface area contributed by atoms with E-state index >= 15 is 0 Å². The Morgan fingerprint density at radius 1 is 1.03 bits per heavy atom. The van der Waals surface area contributed by atoms with Crippen molar-refractivity contribution in [3.05, 3.63) is 47.5 Å². The van der Waals surface area contributed by atoms with E-state index in [0.717, 1.165) is 31.2 Å². The lowest BCUT2D eigenvalue weighted by Gasteiger charge is -2.25.